The quantitative estimate of drug-likeness (QED) is 0.583. The number of amides is 2. The van der Waals surface area contributed by atoms with E-state index in [0.717, 1.165) is 25.3 Å². The second-order valence-corrected chi connectivity index (χ2v) is 8.17. The molecule has 0 unspecified atom stereocenters. The van der Waals surface area contributed by atoms with Crippen LogP contribution >= 0.6 is 0 Å². The van der Waals surface area contributed by atoms with Gasteiger partial charge >= 0.3 is 0 Å². The molecule has 0 bridgehead atoms. The molecule has 2 aliphatic rings. The highest BCUT2D eigenvalue weighted by atomic mass is 16.5. The zero-order valence-corrected chi connectivity index (χ0v) is 18.9. The van der Waals surface area contributed by atoms with Crippen LogP contribution in [0.5, 0.6) is 5.75 Å². The molecule has 0 spiro atoms. The first-order valence-corrected chi connectivity index (χ1v) is 11.4. The van der Waals surface area contributed by atoms with Gasteiger partial charge in [-0.1, -0.05) is 25.1 Å². The number of aliphatic hydroxyl groups excluding tert-OH is 1. The lowest BCUT2D eigenvalue weighted by Gasteiger charge is -2.36. The first-order chi connectivity index (χ1) is 16.1. The van der Waals surface area contributed by atoms with E-state index in [-0.39, 0.29) is 25.0 Å². The van der Waals surface area contributed by atoms with Gasteiger partial charge in [0.2, 0.25) is 0 Å². The molecule has 4 rings (SSSR count). The largest absolute Gasteiger partial charge is 0.494 e. The van der Waals surface area contributed by atoms with Crippen molar-refractivity contribution in [1.82, 2.24) is 19.7 Å². The van der Waals surface area contributed by atoms with Crippen LogP contribution in [0.4, 0.5) is 0 Å². The summed E-state index contributed by atoms with van der Waals surface area (Å²) in [5.74, 6) is 0.144. The molecule has 1 fully saturated rings. The Hall–Kier alpha value is -3.23. The summed E-state index contributed by atoms with van der Waals surface area (Å²) >= 11 is 0. The number of benzene rings is 1. The molecule has 0 saturated carbocycles. The van der Waals surface area contributed by atoms with Crippen LogP contribution in [0.15, 0.2) is 54.4 Å². The fourth-order valence-corrected chi connectivity index (χ4v) is 4.19. The highest BCUT2D eigenvalue weighted by Crippen LogP contribution is 2.33. The van der Waals surface area contributed by atoms with Crippen LogP contribution in [0.2, 0.25) is 0 Å². The number of β-amino-alcohol motifs (C(OH)–C–C–N with tert-alkyl or cyclic N) is 1. The highest BCUT2D eigenvalue weighted by Gasteiger charge is 2.42. The molecule has 8 heteroatoms. The third-order valence-electron chi connectivity index (χ3n) is 5.91. The van der Waals surface area contributed by atoms with Crippen LogP contribution in [0, 0.1) is 0 Å². The fraction of sp³-hybridized carbons (Fsp3) is 0.400. The Bertz CT molecular complexity index is 999. The summed E-state index contributed by atoms with van der Waals surface area (Å²) in [6.45, 7) is 6.21. The number of ether oxygens (including phenoxy) is 1. The zero-order valence-electron chi connectivity index (χ0n) is 18.9. The SMILES string of the molecule is CCCOc1ccc(C2=C(N3CCN(CCO)CC3)C(=O)N(Cc3ccccn3)C2=O)cc1. The van der Waals surface area contributed by atoms with E-state index >= 15 is 0 Å². The summed E-state index contributed by atoms with van der Waals surface area (Å²) in [5, 5.41) is 9.23. The highest BCUT2D eigenvalue weighted by molar-refractivity contribution is 6.35. The maximum Gasteiger partial charge on any atom is 0.278 e. The number of piperazine rings is 1. The molecule has 33 heavy (non-hydrogen) atoms. The fourth-order valence-electron chi connectivity index (χ4n) is 4.19. The van der Waals surface area contributed by atoms with Crippen LogP contribution in [0.3, 0.4) is 0 Å². The minimum atomic E-state index is -0.305. The van der Waals surface area contributed by atoms with Crippen molar-refractivity contribution in [1.29, 1.82) is 0 Å². The van der Waals surface area contributed by atoms with E-state index in [1.54, 1.807) is 12.3 Å². The van der Waals surface area contributed by atoms with Gasteiger partial charge in [0.05, 0.1) is 31.0 Å². The van der Waals surface area contributed by atoms with Crippen molar-refractivity contribution in [3.05, 3.63) is 65.6 Å². The maximum absolute atomic E-state index is 13.5. The van der Waals surface area contributed by atoms with Gasteiger partial charge in [-0.3, -0.25) is 24.4 Å². The molecule has 0 aliphatic carbocycles. The average Bonchev–Trinajstić information content (AvgIpc) is 3.09. The van der Waals surface area contributed by atoms with E-state index in [0.29, 0.717) is 48.8 Å². The van der Waals surface area contributed by atoms with Gasteiger partial charge in [0.15, 0.2) is 0 Å². The summed E-state index contributed by atoms with van der Waals surface area (Å²) in [4.78, 5) is 36.8. The Morgan fingerprint density at radius 2 is 1.76 bits per heavy atom. The van der Waals surface area contributed by atoms with Crippen molar-refractivity contribution in [2.45, 2.75) is 19.9 Å². The van der Waals surface area contributed by atoms with Crippen LogP contribution in [0.1, 0.15) is 24.6 Å². The number of carbonyl (C=O) groups excluding carboxylic acids is 2. The number of carbonyl (C=O) groups is 2. The Balaban J connectivity index is 1.64. The number of imide groups is 1. The Morgan fingerprint density at radius 3 is 2.39 bits per heavy atom. The first-order valence-electron chi connectivity index (χ1n) is 11.4. The monoisotopic (exact) mass is 450 g/mol. The number of rotatable bonds is 9. The predicted molar refractivity (Wildman–Crippen MR) is 124 cm³/mol. The maximum atomic E-state index is 13.5. The van der Waals surface area contributed by atoms with Gasteiger partial charge in [-0.25, -0.2) is 0 Å². The van der Waals surface area contributed by atoms with Gasteiger partial charge in [-0.2, -0.15) is 0 Å². The van der Waals surface area contributed by atoms with Gasteiger partial charge in [-0.15, -0.1) is 0 Å². The molecule has 2 aromatic rings. The molecule has 1 saturated heterocycles. The molecule has 3 heterocycles. The predicted octanol–water partition coefficient (Wildman–Crippen LogP) is 1.76. The van der Waals surface area contributed by atoms with Crippen LogP contribution in [-0.2, 0) is 16.1 Å². The summed E-state index contributed by atoms with van der Waals surface area (Å²) < 4.78 is 5.68. The van der Waals surface area contributed by atoms with Crippen molar-refractivity contribution in [3.8, 4) is 5.75 Å². The van der Waals surface area contributed by atoms with Crippen LogP contribution < -0.4 is 4.74 Å². The number of nitrogens with zero attached hydrogens (tertiary/aromatic N) is 4. The third kappa shape index (κ3) is 5.07. The van der Waals surface area contributed by atoms with E-state index in [1.165, 1.54) is 4.90 Å². The third-order valence-corrected chi connectivity index (χ3v) is 5.91. The normalized spacial score (nSPS) is 17.3. The van der Waals surface area contributed by atoms with Gasteiger partial charge in [0.25, 0.3) is 11.8 Å². The van der Waals surface area contributed by atoms with E-state index in [2.05, 4.69) is 9.88 Å². The molecular weight excluding hydrogens is 420 g/mol. The lowest BCUT2D eigenvalue weighted by molar-refractivity contribution is -0.138. The van der Waals surface area contributed by atoms with Crippen LogP contribution in [0.25, 0.3) is 5.57 Å². The molecule has 8 nitrogen and oxygen atoms in total. The standard InChI is InChI=1S/C25H30N4O4/c1-2-17-33-21-8-6-19(7-9-21)22-23(28-13-11-27(12-14-28)15-16-30)25(32)29(24(22)31)18-20-5-3-4-10-26-20/h3-10,30H,2,11-18H2,1H3. The van der Waals surface area contributed by atoms with Crippen LogP contribution in [-0.4, -0.2) is 82.5 Å². The van der Waals surface area contributed by atoms with Crippen molar-refractivity contribution < 1.29 is 19.4 Å². The Morgan fingerprint density at radius 1 is 1.00 bits per heavy atom. The number of aromatic nitrogens is 1. The first kappa shape index (κ1) is 22.9. The minimum Gasteiger partial charge on any atom is -0.494 e. The summed E-state index contributed by atoms with van der Waals surface area (Å²) in [6, 6.07) is 12.8. The lowest BCUT2D eigenvalue weighted by Crippen LogP contribution is -2.48. The molecule has 1 N–H and O–H groups in total. The van der Waals surface area contributed by atoms with Gasteiger partial charge in [0, 0.05) is 38.9 Å². The molecule has 0 atom stereocenters. The van der Waals surface area contributed by atoms with E-state index in [9.17, 15) is 14.7 Å². The van der Waals surface area contributed by atoms with Gasteiger partial charge in [0.1, 0.15) is 11.4 Å². The summed E-state index contributed by atoms with van der Waals surface area (Å²) in [5.41, 5.74) is 2.24. The van der Waals surface area contributed by atoms with Gasteiger partial charge in [-0.05, 0) is 36.2 Å². The number of aliphatic hydroxyl groups is 1. The smallest absolute Gasteiger partial charge is 0.278 e. The van der Waals surface area contributed by atoms with Crippen molar-refractivity contribution in [3.63, 3.8) is 0 Å². The molecule has 2 aliphatic heterocycles. The molecule has 1 aromatic carbocycles. The lowest BCUT2D eigenvalue weighted by atomic mass is 10.0. The second kappa shape index (κ2) is 10.6. The van der Waals surface area contributed by atoms with Crippen molar-refractivity contribution >= 4 is 17.4 Å². The summed E-state index contributed by atoms with van der Waals surface area (Å²) in [7, 11) is 0. The van der Waals surface area contributed by atoms with E-state index in [1.807, 2.05) is 48.2 Å². The zero-order chi connectivity index (χ0) is 23.2. The van der Waals surface area contributed by atoms with E-state index in [4.69, 9.17) is 4.74 Å². The number of hydrogen-bond donors (Lipinski definition) is 1. The molecular formula is C25H30N4O4. The molecule has 174 valence electrons. The molecule has 1 aromatic heterocycles. The Kier molecular flexibility index (Phi) is 7.36. The number of pyridine rings is 1. The minimum absolute atomic E-state index is 0.107. The van der Waals surface area contributed by atoms with E-state index < -0.39 is 0 Å². The Labute approximate surface area is 194 Å². The molecule has 0 radical (unpaired) electrons. The van der Waals surface area contributed by atoms with Crippen molar-refractivity contribution in [2.75, 3.05) is 45.9 Å². The second-order valence-electron chi connectivity index (χ2n) is 8.17. The summed E-state index contributed by atoms with van der Waals surface area (Å²) in [6.07, 6.45) is 2.57. The topological polar surface area (TPSA) is 86.2 Å². The molecule has 2 amide bonds. The van der Waals surface area contributed by atoms with Gasteiger partial charge < -0.3 is 14.7 Å². The average molecular weight is 451 g/mol. The van der Waals surface area contributed by atoms with Crippen molar-refractivity contribution in [2.24, 2.45) is 0 Å². The number of hydrogen-bond acceptors (Lipinski definition) is 7.